The molecule has 4 N–H and O–H groups in total. The van der Waals surface area contributed by atoms with E-state index in [1.54, 1.807) is 0 Å². The van der Waals surface area contributed by atoms with Crippen LogP contribution in [-0.2, 0) is 4.79 Å². The number of anilines is 2. The minimum absolute atomic E-state index is 0.156. The molecule has 1 aromatic heterocycles. The number of aromatic nitrogens is 2. The summed E-state index contributed by atoms with van der Waals surface area (Å²) >= 11 is 6.02. The average Bonchev–Trinajstić information content (AvgIpc) is 2.32. The normalized spacial score (nSPS) is 20.3. The van der Waals surface area contributed by atoms with Crippen molar-refractivity contribution in [2.45, 2.75) is 12.8 Å². The number of amides is 1. The topological polar surface area (TPSA) is 98.1 Å². The predicted octanol–water partition coefficient (Wildman–Crippen LogP) is 0.414. The van der Waals surface area contributed by atoms with Gasteiger partial charge in [0.15, 0.2) is 5.82 Å². The van der Waals surface area contributed by atoms with Gasteiger partial charge in [-0.3, -0.25) is 4.79 Å². The molecule has 0 aliphatic carbocycles. The molecule has 7 heteroatoms. The Morgan fingerprint density at radius 2 is 2.35 bits per heavy atom. The lowest BCUT2D eigenvalue weighted by Crippen LogP contribution is -2.41. The van der Waals surface area contributed by atoms with Crippen LogP contribution in [0.3, 0.4) is 0 Å². The highest BCUT2D eigenvalue weighted by Gasteiger charge is 2.26. The van der Waals surface area contributed by atoms with Gasteiger partial charge in [-0.15, -0.1) is 0 Å². The number of halogens is 1. The summed E-state index contributed by atoms with van der Waals surface area (Å²) in [4.78, 5) is 21.0. The van der Waals surface area contributed by atoms with Gasteiger partial charge in [-0.05, 0) is 12.8 Å². The summed E-state index contributed by atoms with van der Waals surface area (Å²) in [6.07, 6.45) is 3.16. The Morgan fingerprint density at radius 3 is 3.06 bits per heavy atom. The monoisotopic (exact) mass is 255 g/mol. The van der Waals surface area contributed by atoms with E-state index in [9.17, 15) is 4.79 Å². The van der Waals surface area contributed by atoms with Crippen molar-refractivity contribution >= 4 is 29.3 Å². The van der Waals surface area contributed by atoms with Crippen molar-refractivity contribution in [1.29, 1.82) is 0 Å². The third-order valence-electron chi connectivity index (χ3n) is 2.87. The highest BCUT2D eigenvalue weighted by atomic mass is 35.5. The number of primary amides is 1. The Kier molecular flexibility index (Phi) is 3.33. The molecule has 1 unspecified atom stereocenters. The molecular formula is C10H14ClN5O. The summed E-state index contributed by atoms with van der Waals surface area (Å²) < 4.78 is 0. The first kappa shape index (κ1) is 11.9. The standard InChI is InChI=1S/C10H14ClN5O/c11-7-4-14-10(13)15-9(7)16-3-1-2-6(5-16)8(12)17/h4,6H,1-3,5H2,(H2,12,17)(H2,13,14,15). The number of hydrogen-bond donors (Lipinski definition) is 2. The average molecular weight is 256 g/mol. The van der Waals surface area contributed by atoms with Crippen LogP contribution >= 0.6 is 11.6 Å². The number of nitrogens with zero attached hydrogens (tertiary/aromatic N) is 3. The lowest BCUT2D eigenvalue weighted by Gasteiger charge is -2.32. The van der Waals surface area contributed by atoms with Crippen LogP contribution in [-0.4, -0.2) is 29.0 Å². The van der Waals surface area contributed by atoms with Gasteiger partial charge in [0.2, 0.25) is 11.9 Å². The van der Waals surface area contributed by atoms with E-state index < -0.39 is 0 Å². The predicted molar refractivity (Wildman–Crippen MR) is 65.6 cm³/mol. The van der Waals surface area contributed by atoms with Crippen LogP contribution in [0.2, 0.25) is 5.02 Å². The number of carbonyl (C=O) groups excluding carboxylic acids is 1. The van der Waals surface area contributed by atoms with Gasteiger partial charge in [-0.2, -0.15) is 4.98 Å². The number of carbonyl (C=O) groups is 1. The van der Waals surface area contributed by atoms with Crippen molar-refractivity contribution in [3.8, 4) is 0 Å². The van der Waals surface area contributed by atoms with Crippen LogP contribution in [0.15, 0.2) is 6.20 Å². The Bertz CT molecular complexity index is 439. The van der Waals surface area contributed by atoms with Crippen LogP contribution in [0.5, 0.6) is 0 Å². The van der Waals surface area contributed by atoms with Crippen molar-refractivity contribution in [3.05, 3.63) is 11.2 Å². The van der Waals surface area contributed by atoms with E-state index in [2.05, 4.69) is 9.97 Å². The van der Waals surface area contributed by atoms with Gasteiger partial charge < -0.3 is 16.4 Å². The van der Waals surface area contributed by atoms with Crippen LogP contribution in [0.4, 0.5) is 11.8 Å². The molecular weight excluding hydrogens is 242 g/mol. The third-order valence-corrected chi connectivity index (χ3v) is 3.13. The molecule has 17 heavy (non-hydrogen) atoms. The number of nitrogens with two attached hydrogens (primary N) is 2. The molecule has 1 atom stereocenters. The zero-order valence-corrected chi connectivity index (χ0v) is 10.0. The number of rotatable bonds is 2. The lowest BCUT2D eigenvalue weighted by atomic mass is 9.97. The minimum atomic E-state index is -0.284. The Hall–Kier alpha value is -1.56. The molecule has 0 saturated carbocycles. The van der Waals surface area contributed by atoms with E-state index >= 15 is 0 Å². The molecule has 2 heterocycles. The fourth-order valence-electron chi connectivity index (χ4n) is 1.99. The molecule has 1 aromatic rings. The zero-order valence-electron chi connectivity index (χ0n) is 9.27. The molecule has 0 aromatic carbocycles. The summed E-state index contributed by atoms with van der Waals surface area (Å²) in [5.41, 5.74) is 10.8. The summed E-state index contributed by atoms with van der Waals surface area (Å²) in [6, 6.07) is 0. The summed E-state index contributed by atoms with van der Waals surface area (Å²) in [5.74, 6) is 0.305. The molecule has 1 aliphatic rings. The molecule has 0 bridgehead atoms. The molecule has 1 aliphatic heterocycles. The maximum absolute atomic E-state index is 11.2. The molecule has 1 saturated heterocycles. The van der Waals surface area contributed by atoms with Gasteiger partial charge in [0, 0.05) is 13.1 Å². The van der Waals surface area contributed by atoms with Gasteiger partial charge in [0.1, 0.15) is 5.02 Å². The maximum atomic E-state index is 11.2. The summed E-state index contributed by atoms with van der Waals surface area (Å²) in [5, 5.41) is 0.435. The van der Waals surface area contributed by atoms with Gasteiger partial charge in [0.25, 0.3) is 0 Å². The SMILES string of the molecule is NC(=O)C1CCCN(c2nc(N)ncc2Cl)C1. The molecule has 1 amide bonds. The quantitative estimate of drug-likeness (QED) is 0.798. The highest BCUT2D eigenvalue weighted by molar-refractivity contribution is 6.32. The molecule has 92 valence electrons. The zero-order chi connectivity index (χ0) is 12.4. The van der Waals surface area contributed by atoms with E-state index in [0.717, 1.165) is 19.4 Å². The summed E-state index contributed by atoms with van der Waals surface area (Å²) in [7, 11) is 0. The first-order valence-corrected chi connectivity index (χ1v) is 5.78. The smallest absolute Gasteiger partial charge is 0.222 e. The Balaban J connectivity index is 2.21. The number of piperidine rings is 1. The largest absolute Gasteiger partial charge is 0.369 e. The fourth-order valence-corrected chi connectivity index (χ4v) is 2.21. The van der Waals surface area contributed by atoms with Crippen LogP contribution in [0.25, 0.3) is 0 Å². The van der Waals surface area contributed by atoms with Gasteiger partial charge >= 0.3 is 0 Å². The van der Waals surface area contributed by atoms with E-state index in [-0.39, 0.29) is 17.8 Å². The fraction of sp³-hybridized carbons (Fsp3) is 0.500. The number of nitrogen functional groups attached to an aromatic ring is 1. The summed E-state index contributed by atoms with van der Waals surface area (Å²) in [6.45, 7) is 1.32. The lowest BCUT2D eigenvalue weighted by molar-refractivity contribution is -0.122. The van der Waals surface area contributed by atoms with Crippen LogP contribution < -0.4 is 16.4 Å². The number of hydrogen-bond acceptors (Lipinski definition) is 5. The van der Waals surface area contributed by atoms with Crippen molar-refractivity contribution in [2.75, 3.05) is 23.7 Å². The molecule has 1 fully saturated rings. The molecule has 6 nitrogen and oxygen atoms in total. The first-order valence-electron chi connectivity index (χ1n) is 5.40. The van der Waals surface area contributed by atoms with Crippen molar-refractivity contribution in [1.82, 2.24) is 9.97 Å². The van der Waals surface area contributed by atoms with E-state index in [1.165, 1.54) is 6.20 Å². The van der Waals surface area contributed by atoms with Crippen LogP contribution in [0, 0.1) is 5.92 Å². The maximum Gasteiger partial charge on any atom is 0.222 e. The minimum Gasteiger partial charge on any atom is -0.369 e. The van der Waals surface area contributed by atoms with Crippen LogP contribution in [0.1, 0.15) is 12.8 Å². The molecule has 2 rings (SSSR count). The third kappa shape index (κ3) is 2.58. The van der Waals surface area contributed by atoms with Crippen molar-refractivity contribution in [2.24, 2.45) is 11.7 Å². The Labute approximate surface area is 104 Å². The van der Waals surface area contributed by atoms with Gasteiger partial charge in [-0.1, -0.05) is 11.6 Å². The highest BCUT2D eigenvalue weighted by Crippen LogP contribution is 2.27. The van der Waals surface area contributed by atoms with E-state index in [0.29, 0.717) is 17.4 Å². The second-order valence-corrected chi connectivity index (χ2v) is 4.49. The first-order chi connectivity index (χ1) is 8.08. The van der Waals surface area contributed by atoms with Gasteiger partial charge in [0.05, 0.1) is 12.1 Å². The van der Waals surface area contributed by atoms with Gasteiger partial charge in [-0.25, -0.2) is 4.98 Å². The molecule has 0 spiro atoms. The molecule has 0 radical (unpaired) electrons. The Morgan fingerprint density at radius 1 is 1.59 bits per heavy atom. The second-order valence-electron chi connectivity index (χ2n) is 4.09. The van der Waals surface area contributed by atoms with Crippen molar-refractivity contribution < 1.29 is 4.79 Å². The van der Waals surface area contributed by atoms with E-state index in [1.807, 2.05) is 4.90 Å². The van der Waals surface area contributed by atoms with Crippen molar-refractivity contribution in [3.63, 3.8) is 0 Å². The second kappa shape index (κ2) is 4.75. The van der Waals surface area contributed by atoms with E-state index in [4.69, 9.17) is 23.1 Å².